The SMILES string of the molecule is CC(C)(C)OC(=O)N1CCCN(c2ccc(F)cc2C#N)CC1. The minimum atomic E-state index is -0.520. The van der Waals surface area contributed by atoms with Gasteiger partial charge < -0.3 is 14.5 Å². The first kappa shape index (κ1) is 17.1. The van der Waals surface area contributed by atoms with Crippen molar-refractivity contribution in [3.8, 4) is 6.07 Å². The maximum Gasteiger partial charge on any atom is 0.410 e. The van der Waals surface area contributed by atoms with Crippen LogP contribution in [-0.2, 0) is 4.74 Å². The molecule has 0 radical (unpaired) electrons. The summed E-state index contributed by atoms with van der Waals surface area (Å²) < 4.78 is 18.7. The molecule has 0 saturated carbocycles. The highest BCUT2D eigenvalue weighted by molar-refractivity contribution is 5.68. The van der Waals surface area contributed by atoms with Gasteiger partial charge in [0.1, 0.15) is 17.5 Å². The second-order valence-electron chi connectivity index (χ2n) is 6.58. The molecule has 1 heterocycles. The van der Waals surface area contributed by atoms with E-state index in [1.54, 1.807) is 11.0 Å². The number of hydrogen-bond donors (Lipinski definition) is 0. The summed E-state index contributed by atoms with van der Waals surface area (Å²) >= 11 is 0. The highest BCUT2D eigenvalue weighted by atomic mass is 19.1. The summed E-state index contributed by atoms with van der Waals surface area (Å²) in [6.07, 6.45) is 0.445. The average molecular weight is 319 g/mol. The Morgan fingerprint density at radius 3 is 2.65 bits per heavy atom. The summed E-state index contributed by atoms with van der Waals surface area (Å²) in [5.41, 5.74) is 0.504. The van der Waals surface area contributed by atoms with E-state index < -0.39 is 11.4 Å². The normalized spacial score (nSPS) is 15.8. The monoisotopic (exact) mass is 319 g/mol. The van der Waals surface area contributed by atoms with E-state index in [4.69, 9.17) is 4.74 Å². The van der Waals surface area contributed by atoms with Gasteiger partial charge in [0.15, 0.2) is 0 Å². The summed E-state index contributed by atoms with van der Waals surface area (Å²) in [5, 5.41) is 9.18. The van der Waals surface area contributed by atoms with Crippen LogP contribution in [0, 0.1) is 17.1 Å². The molecule has 1 aromatic rings. The number of nitriles is 1. The topological polar surface area (TPSA) is 56.6 Å². The van der Waals surface area contributed by atoms with E-state index in [0.717, 1.165) is 6.42 Å². The fourth-order valence-corrected chi connectivity index (χ4v) is 2.54. The Balaban J connectivity index is 2.07. The number of anilines is 1. The molecule has 0 spiro atoms. The first-order valence-corrected chi connectivity index (χ1v) is 7.73. The first-order valence-electron chi connectivity index (χ1n) is 7.73. The lowest BCUT2D eigenvalue weighted by molar-refractivity contribution is 0.0263. The number of halogens is 1. The zero-order chi connectivity index (χ0) is 17.0. The standard InChI is InChI=1S/C17H22FN3O2/c1-17(2,3)23-16(22)21-8-4-7-20(9-10-21)15-6-5-14(18)11-13(15)12-19/h5-6,11H,4,7-10H2,1-3H3. The highest BCUT2D eigenvalue weighted by Crippen LogP contribution is 2.23. The lowest BCUT2D eigenvalue weighted by Crippen LogP contribution is -2.39. The van der Waals surface area contributed by atoms with E-state index in [9.17, 15) is 14.4 Å². The third-order valence-corrected chi connectivity index (χ3v) is 3.57. The van der Waals surface area contributed by atoms with Crippen molar-refractivity contribution in [3.63, 3.8) is 0 Å². The summed E-state index contributed by atoms with van der Waals surface area (Å²) in [7, 11) is 0. The lowest BCUT2D eigenvalue weighted by atomic mass is 10.1. The maximum absolute atomic E-state index is 13.3. The molecule has 0 unspecified atom stereocenters. The van der Waals surface area contributed by atoms with Crippen LogP contribution in [0.2, 0.25) is 0 Å². The van der Waals surface area contributed by atoms with Gasteiger partial charge in [0, 0.05) is 26.2 Å². The molecule has 0 aliphatic carbocycles. The van der Waals surface area contributed by atoms with Crippen LogP contribution >= 0.6 is 0 Å². The molecule has 23 heavy (non-hydrogen) atoms. The van der Waals surface area contributed by atoms with Gasteiger partial charge in [0.2, 0.25) is 0 Å². The zero-order valence-corrected chi connectivity index (χ0v) is 13.8. The molecule has 1 saturated heterocycles. The molecule has 1 fully saturated rings. The fraction of sp³-hybridized carbons (Fsp3) is 0.529. The second kappa shape index (κ2) is 6.86. The Morgan fingerprint density at radius 2 is 2.00 bits per heavy atom. The van der Waals surface area contributed by atoms with Crippen molar-refractivity contribution in [1.29, 1.82) is 5.26 Å². The number of ether oxygens (including phenoxy) is 1. The molecule has 0 aromatic heterocycles. The van der Waals surface area contributed by atoms with Gasteiger partial charge in [-0.3, -0.25) is 0 Å². The zero-order valence-electron chi connectivity index (χ0n) is 13.8. The van der Waals surface area contributed by atoms with E-state index in [1.165, 1.54) is 12.1 Å². The van der Waals surface area contributed by atoms with E-state index in [1.807, 2.05) is 31.7 Å². The minimum absolute atomic E-state index is 0.315. The summed E-state index contributed by atoms with van der Waals surface area (Å²) in [4.78, 5) is 15.9. The van der Waals surface area contributed by atoms with Gasteiger partial charge in [0.05, 0.1) is 11.3 Å². The van der Waals surface area contributed by atoms with Gasteiger partial charge in [0.25, 0.3) is 0 Å². The molecular weight excluding hydrogens is 297 g/mol. The smallest absolute Gasteiger partial charge is 0.410 e. The van der Waals surface area contributed by atoms with Crippen LogP contribution < -0.4 is 4.90 Å². The summed E-state index contributed by atoms with van der Waals surface area (Å²) in [6, 6.07) is 6.25. The van der Waals surface area contributed by atoms with Crippen molar-refractivity contribution in [2.75, 3.05) is 31.1 Å². The van der Waals surface area contributed by atoms with Crippen LogP contribution in [-0.4, -0.2) is 42.8 Å². The van der Waals surface area contributed by atoms with E-state index in [2.05, 4.69) is 0 Å². The Hall–Kier alpha value is -2.29. The molecule has 5 nitrogen and oxygen atoms in total. The van der Waals surface area contributed by atoms with Crippen molar-refractivity contribution in [1.82, 2.24) is 4.90 Å². The number of carbonyl (C=O) groups is 1. The van der Waals surface area contributed by atoms with Crippen molar-refractivity contribution >= 4 is 11.8 Å². The Bertz CT molecular complexity index is 619. The number of amides is 1. The van der Waals surface area contributed by atoms with Gasteiger partial charge in [-0.25, -0.2) is 9.18 Å². The molecule has 0 N–H and O–H groups in total. The molecule has 0 bridgehead atoms. The van der Waals surface area contributed by atoms with E-state index in [-0.39, 0.29) is 6.09 Å². The average Bonchev–Trinajstić information content (AvgIpc) is 2.71. The molecular formula is C17H22FN3O2. The van der Waals surface area contributed by atoms with Gasteiger partial charge in [-0.15, -0.1) is 0 Å². The first-order chi connectivity index (χ1) is 10.8. The predicted octanol–water partition coefficient (Wildman–Crippen LogP) is 3.14. The number of rotatable bonds is 1. The lowest BCUT2D eigenvalue weighted by Gasteiger charge is -2.27. The molecule has 1 aromatic carbocycles. The molecule has 124 valence electrons. The van der Waals surface area contributed by atoms with Crippen molar-refractivity contribution in [2.45, 2.75) is 32.8 Å². The Morgan fingerprint density at radius 1 is 1.26 bits per heavy atom. The van der Waals surface area contributed by atoms with Crippen molar-refractivity contribution in [3.05, 3.63) is 29.6 Å². The van der Waals surface area contributed by atoms with Gasteiger partial charge in [-0.2, -0.15) is 5.26 Å². The third kappa shape index (κ3) is 4.59. The molecule has 2 rings (SSSR count). The van der Waals surface area contributed by atoms with Gasteiger partial charge in [-0.05, 0) is 45.4 Å². The molecule has 6 heteroatoms. The molecule has 1 amide bonds. The second-order valence-corrected chi connectivity index (χ2v) is 6.58. The van der Waals surface area contributed by atoms with Gasteiger partial charge >= 0.3 is 6.09 Å². The van der Waals surface area contributed by atoms with Crippen LogP contribution in [0.5, 0.6) is 0 Å². The number of hydrogen-bond acceptors (Lipinski definition) is 4. The number of benzene rings is 1. The van der Waals surface area contributed by atoms with Crippen LogP contribution in [0.15, 0.2) is 18.2 Å². The van der Waals surface area contributed by atoms with Crippen LogP contribution in [0.4, 0.5) is 14.9 Å². The minimum Gasteiger partial charge on any atom is -0.444 e. The Kier molecular flexibility index (Phi) is 5.09. The van der Waals surface area contributed by atoms with E-state index in [0.29, 0.717) is 37.4 Å². The molecule has 0 atom stereocenters. The molecule has 1 aliphatic rings. The summed E-state index contributed by atoms with van der Waals surface area (Å²) in [6.45, 7) is 7.93. The molecule has 1 aliphatic heterocycles. The van der Waals surface area contributed by atoms with Crippen LogP contribution in [0.1, 0.15) is 32.8 Å². The van der Waals surface area contributed by atoms with Crippen molar-refractivity contribution < 1.29 is 13.9 Å². The number of carbonyl (C=O) groups excluding carboxylic acids is 1. The van der Waals surface area contributed by atoms with Crippen molar-refractivity contribution in [2.24, 2.45) is 0 Å². The van der Waals surface area contributed by atoms with Crippen LogP contribution in [0.25, 0.3) is 0 Å². The van der Waals surface area contributed by atoms with Crippen LogP contribution in [0.3, 0.4) is 0 Å². The quantitative estimate of drug-likeness (QED) is 0.798. The van der Waals surface area contributed by atoms with E-state index >= 15 is 0 Å². The third-order valence-electron chi connectivity index (χ3n) is 3.57. The largest absolute Gasteiger partial charge is 0.444 e. The van der Waals surface area contributed by atoms with Gasteiger partial charge in [-0.1, -0.05) is 0 Å². The number of nitrogens with zero attached hydrogens (tertiary/aromatic N) is 3. The maximum atomic E-state index is 13.3. The predicted molar refractivity (Wildman–Crippen MR) is 85.8 cm³/mol. The summed E-state index contributed by atoms with van der Waals surface area (Å²) in [5.74, 6) is -0.421. The fourth-order valence-electron chi connectivity index (χ4n) is 2.54. The Labute approximate surface area is 136 Å². The highest BCUT2D eigenvalue weighted by Gasteiger charge is 2.25.